The SMILES string of the molecule is c1ccc2cc3cc4ccccc4cc3cc2c1.c1ccccc1. The van der Waals surface area contributed by atoms with Gasteiger partial charge in [-0.2, -0.15) is 0 Å². The van der Waals surface area contributed by atoms with Gasteiger partial charge in [-0.3, -0.25) is 0 Å². The highest BCUT2D eigenvalue weighted by Crippen LogP contribution is 2.27. The predicted octanol–water partition coefficient (Wildman–Crippen LogP) is 6.83. The average molecular weight is 306 g/mol. The summed E-state index contributed by atoms with van der Waals surface area (Å²) in [4.78, 5) is 0. The first-order valence-electron chi connectivity index (χ1n) is 8.21. The molecule has 0 saturated heterocycles. The number of rotatable bonds is 0. The first-order chi connectivity index (χ1) is 11.9. The molecule has 0 amide bonds. The fourth-order valence-corrected chi connectivity index (χ4v) is 3.02. The second-order valence-electron chi connectivity index (χ2n) is 5.90. The first-order valence-corrected chi connectivity index (χ1v) is 8.21. The normalized spacial score (nSPS) is 10.5. The molecule has 0 heterocycles. The molecule has 0 bridgehead atoms. The van der Waals surface area contributed by atoms with E-state index in [1.54, 1.807) is 0 Å². The van der Waals surface area contributed by atoms with Crippen molar-refractivity contribution in [3.05, 3.63) is 109 Å². The largest absolute Gasteiger partial charge is 0.0623 e. The van der Waals surface area contributed by atoms with E-state index in [-0.39, 0.29) is 0 Å². The number of hydrogen-bond acceptors (Lipinski definition) is 0. The Morgan fingerprint density at radius 3 is 0.750 bits per heavy atom. The number of benzene rings is 5. The molecule has 0 saturated carbocycles. The van der Waals surface area contributed by atoms with Gasteiger partial charge in [0.25, 0.3) is 0 Å². The highest BCUT2D eigenvalue weighted by Gasteiger charge is 2.00. The van der Waals surface area contributed by atoms with Crippen molar-refractivity contribution in [2.45, 2.75) is 0 Å². The highest BCUT2D eigenvalue weighted by atomic mass is 14.0. The molecule has 0 spiro atoms. The van der Waals surface area contributed by atoms with Gasteiger partial charge in [-0.15, -0.1) is 0 Å². The zero-order valence-corrected chi connectivity index (χ0v) is 13.4. The van der Waals surface area contributed by atoms with E-state index in [2.05, 4.69) is 72.8 Å². The van der Waals surface area contributed by atoms with Gasteiger partial charge in [0, 0.05) is 0 Å². The molecule has 114 valence electrons. The van der Waals surface area contributed by atoms with Gasteiger partial charge in [-0.05, 0) is 56.6 Å². The quantitative estimate of drug-likeness (QED) is 0.275. The van der Waals surface area contributed by atoms with Gasteiger partial charge in [0.1, 0.15) is 0 Å². The molecule has 0 fully saturated rings. The van der Waals surface area contributed by atoms with Crippen molar-refractivity contribution < 1.29 is 0 Å². The zero-order valence-electron chi connectivity index (χ0n) is 13.4. The fourth-order valence-electron chi connectivity index (χ4n) is 3.02. The van der Waals surface area contributed by atoms with E-state index in [4.69, 9.17) is 0 Å². The van der Waals surface area contributed by atoms with Crippen molar-refractivity contribution in [1.82, 2.24) is 0 Å². The smallest absolute Gasteiger partial charge is 0.0171 e. The van der Waals surface area contributed by atoms with Crippen molar-refractivity contribution in [1.29, 1.82) is 0 Å². The van der Waals surface area contributed by atoms with Crippen LogP contribution in [-0.4, -0.2) is 0 Å². The van der Waals surface area contributed by atoms with E-state index in [1.165, 1.54) is 32.3 Å². The van der Waals surface area contributed by atoms with Crippen LogP contribution in [0.2, 0.25) is 0 Å². The van der Waals surface area contributed by atoms with Gasteiger partial charge in [-0.25, -0.2) is 0 Å². The van der Waals surface area contributed by atoms with Crippen LogP contribution in [0, 0.1) is 0 Å². The summed E-state index contributed by atoms with van der Waals surface area (Å²) in [5, 5.41) is 7.85. The van der Waals surface area contributed by atoms with Gasteiger partial charge in [0.2, 0.25) is 0 Å². The van der Waals surface area contributed by atoms with Crippen LogP contribution in [0.1, 0.15) is 0 Å². The number of fused-ring (bicyclic) bond motifs is 3. The van der Waals surface area contributed by atoms with E-state index < -0.39 is 0 Å². The summed E-state index contributed by atoms with van der Waals surface area (Å²) in [7, 11) is 0. The molecule has 0 heteroatoms. The second-order valence-corrected chi connectivity index (χ2v) is 5.90. The standard InChI is InChI=1S/C18H12.C6H6/c1-2-6-14-10-18-12-16-8-4-3-7-15(16)11-17(18)9-13(14)5-1;1-2-4-6-5-3-1/h1-12H;1-6H. The minimum Gasteiger partial charge on any atom is -0.0623 e. The van der Waals surface area contributed by atoms with Crippen LogP contribution in [0.3, 0.4) is 0 Å². The van der Waals surface area contributed by atoms with E-state index >= 15 is 0 Å². The molecular weight excluding hydrogens is 288 g/mol. The Hall–Kier alpha value is -3.12. The lowest BCUT2D eigenvalue weighted by Crippen LogP contribution is -1.78. The maximum atomic E-state index is 2.27. The summed E-state index contributed by atoms with van der Waals surface area (Å²) in [5.41, 5.74) is 0. The highest BCUT2D eigenvalue weighted by molar-refractivity contribution is 6.04. The Morgan fingerprint density at radius 1 is 0.250 bits per heavy atom. The summed E-state index contributed by atoms with van der Waals surface area (Å²) < 4.78 is 0. The topological polar surface area (TPSA) is 0 Å². The molecule has 0 aliphatic heterocycles. The van der Waals surface area contributed by atoms with Crippen LogP contribution in [0.15, 0.2) is 109 Å². The van der Waals surface area contributed by atoms with Gasteiger partial charge < -0.3 is 0 Å². The third kappa shape index (κ3) is 3.00. The molecule has 0 unspecified atom stereocenters. The molecule has 5 rings (SSSR count). The Balaban J connectivity index is 0.000000207. The molecule has 0 radical (unpaired) electrons. The minimum absolute atomic E-state index is 1.31. The third-order valence-corrected chi connectivity index (χ3v) is 4.24. The second kappa shape index (κ2) is 6.55. The Kier molecular flexibility index (Phi) is 3.95. The molecule has 24 heavy (non-hydrogen) atoms. The average Bonchev–Trinajstić information content (AvgIpc) is 2.66. The van der Waals surface area contributed by atoms with E-state index in [0.29, 0.717) is 0 Å². The van der Waals surface area contributed by atoms with Crippen molar-refractivity contribution in [3.63, 3.8) is 0 Å². The summed E-state index contributed by atoms with van der Waals surface area (Å²) in [6.07, 6.45) is 0. The van der Waals surface area contributed by atoms with Crippen LogP contribution < -0.4 is 0 Å². The third-order valence-electron chi connectivity index (χ3n) is 4.24. The molecule has 5 aromatic carbocycles. The zero-order chi connectivity index (χ0) is 16.2. The maximum Gasteiger partial charge on any atom is -0.0171 e. The lowest BCUT2D eigenvalue weighted by atomic mass is 10.00. The monoisotopic (exact) mass is 306 g/mol. The van der Waals surface area contributed by atoms with Crippen molar-refractivity contribution >= 4 is 32.3 Å². The summed E-state index contributed by atoms with van der Waals surface area (Å²) >= 11 is 0. The van der Waals surface area contributed by atoms with Gasteiger partial charge in [0.05, 0.1) is 0 Å². The summed E-state index contributed by atoms with van der Waals surface area (Å²) in [6, 6.07) is 38.2. The minimum atomic E-state index is 1.31. The fraction of sp³-hybridized carbons (Fsp3) is 0. The first kappa shape index (κ1) is 14.5. The van der Waals surface area contributed by atoms with Crippen molar-refractivity contribution in [3.8, 4) is 0 Å². The van der Waals surface area contributed by atoms with Crippen LogP contribution >= 0.6 is 0 Å². The Morgan fingerprint density at radius 2 is 0.500 bits per heavy atom. The molecule has 0 aromatic heterocycles. The van der Waals surface area contributed by atoms with Crippen molar-refractivity contribution in [2.24, 2.45) is 0 Å². The molecule has 0 aliphatic carbocycles. The Labute approximate surface area is 142 Å². The van der Waals surface area contributed by atoms with E-state index in [0.717, 1.165) is 0 Å². The maximum absolute atomic E-state index is 2.27. The molecule has 0 N–H and O–H groups in total. The molecule has 0 atom stereocenters. The Bertz CT molecular complexity index is 921. The molecule has 0 aliphatic rings. The number of hydrogen-bond donors (Lipinski definition) is 0. The van der Waals surface area contributed by atoms with Crippen LogP contribution in [0.4, 0.5) is 0 Å². The van der Waals surface area contributed by atoms with E-state index in [1.807, 2.05) is 36.4 Å². The molecule has 5 aromatic rings. The lowest BCUT2D eigenvalue weighted by molar-refractivity contribution is 1.72. The summed E-state index contributed by atoms with van der Waals surface area (Å²) in [5.74, 6) is 0. The van der Waals surface area contributed by atoms with Crippen LogP contribution in [-0.2, 0) is 0 Å². The summed E-state index contributed by atoms with van der Waals surface area (Å²) in [6.45, 7) is 0. The van der Waals surface area contributed by atoms with Gasteiger partial charge in [-0.1, -0.05) is 84.9 Å². The molecule has 0 nitrogen and oxygen atoms in total. The van der Waals surface area contributed by atoms with Crippen LogP contribution in [0.25, 0.3) is 32.3 Å². The van der Waals surface area contributed by atoms with Gasteiger partial charge in [0.15, 0.2) is 0 Å². The van der Waals surface area contributed by atoms with E-state index in [9.17, 15) is 0 Å². The van der Waals surface area contributed by atoms with Crippen LogP contribution in [0.5, 0.6) is 0 Å². The van der Waals surface area contributed by atoms with Gasteiger partial charge >= 0.3 is 0 Å². The lowest BCUT2D eigenvalue weighted by Gasteiger charge is -2.04. The van der Waals surface area contributed by atoms with Crippen molar-refractivity contribution in [2.75, 3.05) is 0 Å². The molecular formula is C24H18. The predicted molar refractivity (Wildman–Crippen MR) is 105 cm³/mol.